The molecule has 0 radical (unpaired) electrons. The van der Waals surface area contributed by atoms with Crippen LogP contribution < -0.4 is 0 Å². The molecule has 0 aliphatic heterocycles. The van der Waals surface area contributed by atoms with E-state index in [0.29, 0.717) is 13.2 Å². The van der Waals surface area contributed by atoms with Gasteiger partial charge in [0.05, 0.1) is 13.2 Å². The number of rotatable bonds is 8. The van der Waals surface area contributed by atoms with Crippen LogP contribution in [0.5, 0.6) is 0 Å². The van der Waals surface area contributed by atoms with Crippen molar-refractivity contribution in [3.8, 4) is 0 Å². The molecule has 104 valence electrons. The highest BCUT2D eigenvalue weighted by molar-refractivity contribution is 6.71. The van der Waals surface area contributed by atoms with Gasteiger partial charge in [-0.3, -0.25) is 0 Å². The minimum Gasteiger partial charge on any atom is -0.463 e. The number of hydrogen-bond acceptors (Lipinski definition) is 3. The lowest BCUT2D eigenvalue weighted by molar-refractivity contribution is -0.137. The molecule has 0 atom stereocenters. The largest absolute Gasteiger partial charge is 0.463 e. The minimum atomic E-state index is -1.69. The molecule has 19 heavy (non-hydrogen) atoms. The normalized spacial score (nSPS) is 11.1. The summed E-state index contributed by atoms with van der Waals surface area (Å²) >= 11 is 0. The molecule has 0 saturated heterocycles. The molecule has 0 aromatic heterocycles. The fourth-order valence-electron chi connectivity index (χ4n) is 1.65. The summed E-state index contributed by atoms with van der Waals surface area (Å²) in [5.41, 5.74) is 1.20. The van der Waals surface area contributed by atoms with E-state index >= 15 is 0 Å². The van der Waals surface area contributed by atoms with Crippen molar-refractivity contribution in [3.05, 3.63) is 48.6 Å². The quantitative estimate of drug-likeness (QED) is 0.316. The molecule has 0 N–H and O–H groups in total. The average molecular weight is 278 g/mol. The highest BCUT2D eigenvalue weighted by Gasteiger charge is 2.21. The first-order chi connectivity index (χ1) is 9.03. The van der Waals surface area contributed by atoms with Crippen molar-refractivity contribution in [3.63, 3.8) is 0 Å². The Bertz CT molecular complexity index is 401. The first-order valence-corrected chi connectivity index (χ1v) is 9.62. The molecule has 0 unspecified atom stereocenters. The van der Waals surface area contributed by atoms with Gasteiger partial charge < -0.3 is 9.16 Å². The van der Waals surface area contributed by atoms with E-state index in [0.717, 1.165) is 12.5 Å². The second-order valence-corrected chi connectivity index (χ2v) is 9.32. The van der Waals surface area contributed by atoms with Crippen LogP contribution in [0.1, 0.15) is 12.0 Å². The topological polar surface area (TPSA) is 35.5 Å². The van der Waals surface area contributed by atoms with E-state index < -0.39 is 8.32 Å². The fourth-order valence-corrected chi connectivity index (χ4v) is 3.35. The van der Waals surface area contributed by atoms with E-state index in [1.54, 1.807) is 0 Å². The molecule has 0 aliphatic carbocycles. The zero-order chi connectivity index (χ0) is 14.1. The Morgan fingerprint density at radius 1 is 1.32 bits per heavy atom. The van der Waals surface area contributed by atoms with E-state index in [1.807, 2.05) is 18.2 Å². The van der Waals surface area contributed by atoms with Gasteiger partial charge in [-0.2, -0.15) is 0 Å². The summed E-state index contributed by atoms with van der Waals surface area (Å²) in [5.74, 6) is -0.357. The van der Waals surface area contributed by atoms with Crippen LogP contribution >= 0.6 is 0 Å². The summed E-state index contributed by atoms with van der Waals surface area (Å²) in [7, 11) is -1.69. The minimum absolute atomic E-state index is 0.357. The second-order valence-electron chi connectivity index (χ2n) is 5.01. The molecule has 0 bridgehead atoms. The van der Waals surface area contributed by atoms with Gasteiger partial charge in [0.2, 0.25) is 0 Å². The highest BCUT2D eigenvalue weighted by Crippen LogP contribution is 2.16. The predicted octanol–water partition coefficient (Wildman–Crippen LogP) is 3.53. The lowest BCUT2D eigenvalue weighted by atomic mass is 10.2. The van der Waals surface area contributed by atoms with Gasteiger partial charge in [-0.1, -0.05) is 36.9 Å². The third-order valence-electron chi connectivity index (χ3n) is 2.81. The van der Waals surface area contributed by atoms with Gasteiger partial charge in [0, 0.05) is 6.08 Å². The maximum Gasteiger partial charge on any atom is 0.330 e. The second kappa shape index (κ2) is 7.91. The van der Waals surface area contributed by atoms with Crippen LogP contribution in [0.25, 0.3) is 0 Å². The van der Waals surface area contributed by atoms with Crippen molar-refractivity contribution in [2.24, 2.45) is 0 Å². The fraction of sp³-hybridized carbons (Fsp3) is 0.400. The molecule has 1 aromatic carbocycles. The summed E-state index contributed by atoms with van der Waals surface area (Å²) in [6.07, 6.45) is 2.03. The number of hydrogen-bond donors (Lipinski definition) is 0. The zero-order valence-corrected chi connectivity index (χ0v) is 12.7. The molecule has 0 saturated carbocycles. The molecule has 1 aromatic rings. The third-order valence-corrected chi connectivity index (χ3v) is 5.29. The Balaban J connectivity index is 2.24. The maximum absolute atomic E-state index is 10.9. The Kier molecular flexibility index (Phi) is 6.52. The summed E-state index contributed by atoms with van der Waals surface area (Å²) in [4.78, 5) is 10.9. The zero-order valence-electron chi connectivity index (χ0n) is 11.7. The Hall–Kier alpha value is -1.39. The van der Waals surface area contributed by atoms with E-state index in [4.69, 9.17) is 9.16 Å². The van der Waals surface area contributed by atoms with Gasteiger partial charge in [-0.05, 0) is 31.1 Å². The average Bonchev–Trinajstić information content (AvgIpc) is 2.42. The first kappa shape index (κ1) is 15.7. The number of carbonyl (C=O) groups excluding carboxylic acids is 1. The van der Waals surface area contributed by atoms with E-state index in [9.17, 15) is 4.79 Å². The van der Waals surface area contributed by atoms with Gasteiger partial charge in [-0.25, -0.2) is 4.79 Å². The third kappa shape index (κ3) is 6.93. The van der Waals surface area contributed by atoms with Gasteiger partial charge in [0.25, 0.3) is 0 Å². The van der Waals surface area contributed by atoms with Crippen molar-refractivity contribution in [2.45, 2.75) is 32.2 Å². The van der Waals surface area contributed by atoms with Crippen molar-refractivity contribution < 1.29 is 14.0 Å². The SMILES string of the molecule is C=CC(=O)OCCC[Si](C)(C)OCc1ccccc1. The first-order valence-electron chi connectivity index (χ1n) is 6.50. The van der Waals surface area contributed by atoms with E-state index in [2.05, 4.69) is 31.8 Å². The standard InChI is InChI=1S/C15H22O3Si/c1-4-15(16)17-11-8-12-19(2,3)18-13-14-9-6-5-7-10-14/h4-7,9-10H,1,8,11-13H2,2-3H3. The number of ether oxygens (including phenoxy) is 1. The molecule has 0 fully saturated rings. The van der Waals surface area contributed by atoms with Gasteiger partial charge in [-0.15, -0.1) is 0 Å². The summed E-state index contributed by atoms with van der Waals surface area (Å²) in [6.45, 7) is 8.83. The van der Waals surface area contributed by atoms with Crippen LogP contribution in [0.2, 0.25) is 19.1 Å². The molecule has 3 nitrogen and oxygen atoms in total. The van der Waals surface area contributed by atoms with Gasteiger partial charge >= 0.3 is 5.97 Å². The van der Waals surface area contributed by atoms with Crippen molar-refractivity contribution in [1.82, 2.24) is 0 Å². The number of esters is 1. The monoisotopic (exact) mass is 278 g/mol. The number of benzene rings is 1. The summed E-state index contributed by atoms with van der Waals surface area (Å²) in [5, 5.41) is 0. The van der Waals surface area contributed by atoms with Crippen molar-refractivity contribution in [1.29, 1.82) is 0 Å². The molecule has 1 rings (SSSR count). The predicted molar refractivity (Wildman–Crippen MR) is 79.3 cm³/mol. The maximum atomic E-state index is 10.9. The molecule has 4 heteroatoms. The van der Waals surface area contributed by atoms with Crippen LogP contribution in [0.15, 0.2) is 43.0 Å². The van der Waals surface area contributed by atoms with Gasteiger partial charge in [0.15, 0.2) is 8.32 Å². The molecule has 0 amide bonds. The summed E-state index contributed by atoms with van der Waals surface area (Å²) in [6, 6.07) is 11.1. The summed E-state index contributed by atoms with van der Waals surface area (Å²) < 4.78 is 11.0. The highest BCUT2D eigenvalue weighted by atomic mass is 28.4. The molecule has 0 aliphatic rings. The lowest BCUT2D eigenvalue weighted by Crippen LogP contribution is -2.30. The number of carbonyl (C=O) groups is 1. The lowest BCUT2D eigenvalue weighted by Gasteiger charge is -2.22. The smallest absolute Gasteiger partial charge is 0.330 e. The van der Waals surface area contributed by atoms with E-state index in [-0.39, 0.29) is 5.97 Å². The molecule has 0 spiro atoms. The Labute approximate surface area is 116 Å². The van der Waals surface area contributed by atoms with Crippen LogP contribution in [-0.2, 0) is 20.6 Å². The van der Waals surface area contributed by atoms with Crippen LogP contribution in [0, 0.1) is 0 Å². The molecule has 0 heterocycles. The van der Waals surface area contributed by atoms with Gasteiger partial charge in [0.1, 0.15) is 0 Å². The molecular formula is C15H22O3Si. The Morgan fingerprint density at radius 2 is 2.00 bits per heavy atom. The van der Waals surface area contributed by atoms with Crippen molar-refractivity contribution in [2.75, 3.05) is 6.61 Å². The molecular weight excluding hydrogens is 256 g/mol. The van der Waals surface area contributed by atoms with Crippen LogP contribution in [0.4, 0.5) is 0 Å². The Morgan fingerprint density at radius 3 is 2.63 bits per heavy atom. The van der Waals surface area contributed by atoms with Crippen LogP contribution in [-0.4, -0.2) is 20.9 Å². The van der Waals surface area contributed by atoms with E-state index in [1.165, 1.54) is 11.6 Å². The van der Waals surface area contributed by atoms with Crippen LogP contribution in [0.3, 0.4) is 0 Å². The van der Waals surface area contributed by atoms with Crippen molar-refractivity contribution >= 4 is 14.3 Å².